The van der Waals surface area contributed by atoms with E-state index in [-0.39, 0.29) is 19.9 Å². The maximum atomic E-state index is 11.2. The first-order chi connectivity index (χ1) is 8.68. The van der Waals surface area contributed by atoms with Crippen LogP contribution < -0.4 is 10.8 Å². The maximum absolute atomic E-state index is 11.2. The number of ether oxygens (including phenoxy) is 1. The zero-order valence-electron chi connectivity index (χ0n) is 9.59. The van der Waals surface area contributed by atoms with Crippen molar-refractivity contribution in [2.75, 3.05) is 13.3 Å². The highest BCUT2D eigenvalue weighted by Gasteiger charge is 2.02. The van der Waals surface area contributed by atoms with Crippen molar-refractivity contribution in [1.29, 1.82) is 0 Å². The number of nitrogens with one attached hydrogen (secondary N) is 2. The number of rotatable bonds is 7. The van der Waals surface area contributed by atoms with Crippen LogP contribution in [-0.2, 0) is 21.0 Å². The lowest BCUT2D eigenvalue weighted by atomic mass is 10.2. The summed E-state index contributed by atoms with van der Waals surface area (Å²) < 4.78 is 4.88. The Kier molecular flexibility index (Phi) is 6.23. The number of hydroxylamine groups is 1. The summed E-state index contributed by atoms with van der Waals surface area (Å²) in [5.74, 6) is -1.05. The third-order valence-corrected chi connectivity index (χ3v) is 1.83. The number of carbonyl (C=O) groups excluding carboxylic acids is 1. The maximum Gasteiger partial charge on any atom is 0.409 e. The molecule has 1 aromatic rings. The molecule has 7 heteroatoms. The molecule has 0 aromatic heterocycles. The Bertz CT molecular complexity index is 382. The summed E-state index contributed by atoms with van der Waals surface area (Å²) in [7, 11) is 0. The Morgan fingerprint density at radius 3 is 2.61 bits per heavy atom. The van der Waals surface area contributed by atoms with Gasteiger partial charge >= 0.3 is 12.1 Å². The van der Waals surface area contributed by atoms with E-state index in [9.17, 15) is 9.59 Å². The molecule has 3 N–H and O–H groups in total. The van der Waals surface area contributed by atoms with Gasteiger partial charge in [0.1, 0.15) is 19.9 Å². The van der Waals surface area contributed by atoms with Gasteiger partial charge in [-0.3, -0.25) is 14.9 Å². The minimum Gasteiger partial charge on any atom is -0.480 e. The van der Waals surface area contributed by atoms with E-state index in [2.05, 4.69) is 15.6 Å². The molecule has 0 spiro atoms. The summed E-state index contributed by atoms with van der Waals surface area (Å²) in [6.45, 7) is -0.364. The predicted octanol–water partition coefficient (Wildman–Crippen LogP) is 0.476. The van der Waals surface area contributed by atoms with Crippen molar-refractivity contribution in [3.05, 3.63) is 35.9 Å². The molecule has 18 heavy (non-hydrogen) atoms. The van der Waals surface area contributed by atoms with Gasteiger partial charge in [-0.2, -0.15) is 5.48 Å². The van der Waals surface area contributed by atoms with E-state index >= 15 is 0 Å². The molecule has 0 fully saturated rings. The fourth-order valence-corrected chi connectivity index (χ4v) is 1.03. The van der Waals surface area contributed by atoms with Gasteiger partial charge in [0.15, 0.2) is 0 Å². The first-order valence-corrected chi connectivity index (χ1v) is 5.19. The lowest BCUT2D eigenvalue weighted by Crippen LogP contribution is -2.32. The average molecular weight is 254 g/mol. The average Bonchev–Trinajstić information content (AvgIpc) is 2.37. The molecule has 0 aliphatic rings. The minimum atomic E-state index is -1.05. The molecular weight excluding hydrogens is 240 g/mol. The number of benzene rings is 1. The molecule has 0 saturated carbocycles. The third kappa shape index (κ3) is 6.46. The second-order valence-corrected chi connectivity index (χ2v) is 3.24. The lowest BCUT2D eigenvalue weighted by Gasteiger charge is -2.07. The van der Waals surface area contributed by atoms with Crippen molar-refractivity contribution >= 4 is 12.1 Å². The van der Waals surface area contributed by atoms with Crippen molar-refractivity contribution in [3.63, 3.8) is 0 Å². The van der Waals surface area contributed by atoms with Crippen LogP contribution in [0, 0.1) is 0 Å². The van der Waals surface area contributed by atoms with E-state index in [0.29, 0.717) is 0 Å². The van der Waals surface area contributed by atoms with Gasteiger partial charge in [-0.05, 0) is 5.56 Å². The number of amides is 1. The molecule has 0 saturated heterocycles. The van der Waals surface area contributed by atoms with Crippen LogP contribution in [0.4, 0.5) is 4.79 Å². The zero-order chi connectivity index (χ0) is 13.2. The van der Waals surface area contributed by atoms with Crippen molar-refractivity contribution in [3.8, 4) is 0 Å². The molecule has 7 nitrogen and oxygen atoms in total. The van der Waals surface area contributed by atoms with Crippen molar-refractivity contribution < 1.29 is 24.3 Å². The number of carboxylic acid groups (broad SMARTS) is 1. The predicted molar refractivity (Wildman–Crippen MR) is 61.4 cm³/mol. The smallest absolute Gasteiger partial charge is 0.409 e. The van der Waals surface area contributed by atoms with Gasteiger partial charge in [0.2, 0.25) is 0 Å². The van der Waals surface area contributed by atoms with Crippen LogP contribution in [0.15, 0.2) is 30.3 Å². The van der Waals surface area contributed by atoms with Crippen molar-refractivity contribution in [2.24, 2.45) is 0 Å². The molecule has 0 unspecified atom stereocenters. The monoisotopic (exact) mass is 254 g/mol. The van der Waals surface area contributed by atoms with Gasteiger partial charge in [0, 0.05) is 0 Å². The highest BCUT2D eigenvalue weighted by molar-refractivity contribution is 5.68. The Morgan fingerprint density at radius 2 is 1.94 bits per heavy atom. The standard InChI is InChI=1S/C11H14N2O5/c14-10(15)6-13-18-8-12-11(16)17-7-9-4-2-1-3-5-9/h1-5,13H,6-8H2,(H,12,16)(H,14,15). The van der Waals surface area contributed by atoms with Crippen LogP contribution >= 0.6 is 0 Å². The first-order valence-electron chi connectivity index (χ1n) is 5.19. The molecule has 98 valence electrons. The van der Waals surface area contributed by atoms with Crippen LogP contribution in [-0.4, -0.2) is 30.4 Å². The normalized spacial score (nSPS) is 9.78. The second kappa shape index (κ2) is 8.04. The van der Waals surface area contributed by atoms with Crippen LogP contribution in [0.3, 0.4) is 0 Å². The lowest BCUT2D eigenvalue weighted by molar-refractivity contribution is -0.138. The summed E-state index contributed by atoms with van der Waals surface area (Å²) in [6, 6.07) is 9.22. The van der Waals surface area contributed by atoms with Crippen LogP contribution in [0.1, 0.15) is 5.56 Å². The SMILES string of the molecule is O=C(O)CNOCNC(=O)OCc1ccccc1. The van der Waals surface area contributed by atoms with Gasteiger partial charge in [-0.1, -0.05) is 30.3 Å². The largest absolute Gasteiger partial charge is 0.480 e. The molecule has 0 radical (unpaired) electrons. The molecule has 1 aromatic carbocycles. The molecular formula is C11H14N2O5. The van der Waals surface area contributed by atoms with Crippen LogP contribution in [0.2, 0.25) is 0 Å². The van der Waals surface area contributed by atoms with Gasteiger partial charge in [-0.25, -0.2) is 4.79 Å². The van der Waals surface area contributed by atoms with Gasteiger partial charge in [-0.15, -0.1) is 0 Å². The van der Waals surface area contributed by atoms with E-state index in [1.807, 2.05) is 30.3 Å². The number of carboxylic acids is 1. The number of carbonyl (C=O) groups is 2. The summed E-state index contributed by atoms with van der Waals surface area (Å²) in [5, 5.41) is 10.6. The highest BCUT2D eigenvalue weighted by Crippen LogP contribution is 2.00. The Balaban J connectivity index is 2.06. The van der Waals surface area contributed by atoms with Crippen molar-refractivity contribution in [1.82, 2.24) is 10.8 Å². The molecule has 0 aliphatic heterocycles. The quantitative estimate of drug-likeness (QED) is 0.372. The van der Waals surface area contributed by atoms with Crippen LogP contribution in [0.25, 0.3) is 0 Å². The van der Waals surface area contributed by atoms with E-state index in [0.717, 1.165) is 5.56 Å². The topological polar surface area (TPSA) is 96.9 Å². The minimum absolute atomic E-state index is 0.162. The summed E-state index contributed by atoms with van der Waals surface area (Å²) in [4.78, 5) is 25.9. The highest BCUT2D eigenvalue weighted by atomic mass is 16.7. The number of hydrogen-bond donors (Lipinski definition) is 3. The zero-order valence-corrected chi connectivity index (χ0v) is 9.59. The van der Waals surface area contributed by atoms with Gasteiger partial charge in [0.25, 0.3) is 0 Å². The van der Waals surface area contributed by atoms with E-state index < -0.39 is 12.1 Å². The van der Waals surface area contributed by atoms with E-state index in [4.69, 9.17) is 9.84 Å². The Morgan fingerprint density at radius 1 is 1.22 bits per heavy atom. The number of aliphatic carboxylic acids is 1. The summed E-state index contributed by atoms with van der Waals surface area (Å²) in [6.07, 6.45) is -0.643. The second-order valence-electron chi connectivity index (χ2n) is 3.24. The van der Waals surface area contributed by atoms with Crippen molar-refractivity contribution in [2.45, 2.75) is 6.61 Å². The fraction of sp³-hybridized carbons (Fsp3) is 0.273. The Hall–Kier alpha value is -2.12. The van der Waals surface area contributed by atoms with E-state index in [1.54, 1.807) is 0 Å². The fourth-order valence-electron chi connectivity index (χ4n) is 1.03. The molecule has 0 heterocycles. The molecule has 0 atom stereocenters. The molecule has 1 amide bonds. The first kappa shape index (κ1) is 13.9. The third-order valence-electron chi connectivity index (χ3n) is 1.83. The molecule has 0 bridgehead atoms. The number of alkyl carbamates (subject to hydrolysis) is 1. The number of hydrogen-bond acceptors (Lipinski definition) is 5. The van der Waals surface area contributed by atoms with E-state index in [1.165, 1.54) is 0 Å². The van der Waals surface area contributed by atoms with Gasteiger partial charge in [0.05, 0.1) is 0 Å². The summed E-state index contributed by atoms with van der Waals surface area (Å²) >= 11 is 0. The molecule has 1 rings (SSSR count). The van der Waals surface area contributed by atoms with Crippen LogP contribution in [0.5, 0.6) is 0 Å². The molecule has 0 aliphatic carbocycles. The Labute approximate surface area is 104 Å². The van der Waals surface area contributed by atoms with Gasteiger partial charge < -0.3 is 9.84 Å². The summed E-state index contributed by atoms with van der Waals surface area (Å²) in [5.41, 5.74) is 3.02.